The van der Waals surface area contributed by atoms with Crippen molar-refractivity contribution in [2.24, 2.45) is 0 Å². The van der Waals surface area contributed by atoms with Gasteiger partial charge in [-0.3, -0.25) is 9.59 Å². The SMILES string of the molecule is Nc1ccc(/C=C/C(=O)NCC2Cc3cc(-c4ccc(C(=O)N5CCNCC5)cc4)cc(Cl)c3O2)cn1. The van der Waals surface area contributed by atoms with Crippen molar-refractivity contribution < 1.29 is 14.3 Å². The summed E-state index contributed by atoms with van der Waals surface area (Å²) in [7, 11) is 0. The molecule has 0 radical (unpaired) electrons. The van der Waals surface area contributed by atoms with Crippen LogP contribution in [0.1, 0.15) is 21.5 Å². The molecule has 9 heteroatoms. The number of carbonyl (C=O) groups is 2. The van der Waals surface area contributed by atoms with Crippen LogP contribution in [0.3, 0.4) is 0 Å². The molecular formula is C28H28ClN5O3. The lowest BCUT2D eigenvalue weighted by atomic mass is 9.99. The summed E-state index contributed by atoms with van der Waals surface area (Å²) in [4.78, 5) is 30.9. The second-order valence-electron chi connectivity index (χ2n) is 9.10. The summed E-state index contributed by atoms with van der Waals surface area (Å²) in [6.07, 6.45) is 5.16. The van der Waals surface area contributed by atoms with Gasteiger partial charge >= 0.3 is 0 Å². The first-order valence-electron chi connectivity index (χ1n) is 12.2. The minimum atomic E-state index is -0.223. The lowest BCUT2D eigenvalue weighted by molar-refractivity contribution is -0.116. The van der Waals surface area contributed by atoms with Gasteiger partial charge in [0.1, 0.15) is 17.7 Å². The van der Waals surface area contributed by atoms with Crippen LogP contribution in [0.2, 0.25) is 5.02 Å². The summed E-state index contributed by atoms with van der Waals surface area (Å²) in [5.41, 5.74) is 9.97. The van der Waals surface area contributed by atoms with Crippen molar-refractivity contribution in [3.8, 4) is 16.9 Å². The van der Waals surface area contributed by atoms with Crippen molar-refractivity contribution in [1.29, 1.82) is 0 Å². The van der Waals surface area contributed by atoms with Gasteiger partial charge < -0.3 is 26.0 Å². The van der Waals surface area contributed by atoms with Gasteiger partial charge in [-0.15, -0.1) is 0 Å². The van der Waals surface area contributed by atoms with Gasteiger partial charge in [-0.2, -0.15) is 0 Å². The zero-order valence-corrected chi connectivity index (χ0v) is 21.0. The van der Waals surface area contributed by atoms with E-state index in [9.17, 15) is 9.59 Å². The van der Waals surface area contributed by atoms with Gasteiger partial charge in [0, 0.05) is 56.0 Å². The van der Waals surface area contributed by atoms with Crippen LogP contribution in [0.25, 0.3) is 17.2 Å². The van der Waals surface area contributed by atoms with Crippen LogP contribution >= 0.6 is 11.6 Å². The molecule has 1 atom stereocenters. The zero-order valence-electron chi connectivity index (χ0n) is 20.2. The molecule has 3 aromatic rings. The first-order valence-corrected chi connectivity index (χ1v) is 12.6. The molecule has 190 valence electrons. The number of ether oxygens (including phenoxy) is 1. The van der Waals surface area contributed by atoms with Crippen LogP contribution in [0, 0.1) is 0 Å². The molecule has 37 heavy (non-hydrogen) atoms. The van der Waals surface area contributed by atoms with Crippen molar-refractivity contribution in [3.63, 3.8) is 0 Å². The summed E-state index contributed by atoms with van der Waals surface area (Å²) < 4.78 is 6.02. The summed E-state index contributed by atoms with van der Waals surface area (Å²) in [5.74, 6) is 0.912. The minimum Gasteiger partial charge on any atom is -0.486 e. The smallest absolute Gasteiger partial charge is 0.253 e. The number of hydrogen-bond acceptors (Lipinski definition) is 6. The number of fused-ring (bicyclic) bond motifs is 1. The van der Waals surface area contributed by atoms with Gasteiger partial charge in [-0.1, -0.05) is 23.7 Å². The maximum atomic E-state index is 12.7. The first kappa shape index (κ1) is 24.8. The fraction of sp³-hybridized carbons (Fsp3) is 0.250. The maximum absolute atomic E-state index is 12.7. The number of nitrogens with zero attached hydrogens (tertiary/aromatic N) is 2. The van der Waals surface area contributed by atoms with E-state index in [4.69, 9.17) is 22.1 Å². The molecule has 2 aliphatic rings. The second kappa shape index (κ2) is 11.0. The number of pyridine rings is 1. The third-order valence-electron chi connectivity index (χ3n) is 6.46. The molecular weight excluding hydrogens is 490 g/mol. The summed E-state index contributed by atoms with van der Waals surface area (Å²) in [6, 6.07) is 15.0. The highest BCUT2D eigenvalue weighted by Gasteiger charge is 2.26. The van der Waals surface area contributed by atoms with E-state index in [-0.39, 0.29) is 17.9 Å². The Morgan fingerprint density at radius 1 is 1.14 bits per heavy atom. The number of amides is 2. The number of aromatic nitrogens is 1. The number of nitrogens with one attached hydrogen (secondary N) is 2. The van der Waals surface area contributed by atoms with Gasteiger partial charge in [0.2, 0.25) is 5.91 Å². The molecule has 0 spiro atoms. The Morgan fingerprint density at radius 2 is 1.92 bits per heavy atom. The van der Waals surface area contributed by atoms with Gasteiger partial charge in [-0.05, 0) is 59.2 Å². The van der Waals surface area contributed by atoms with Gasteiger partial charge in [0.05, 0.1) is 11.6 Å². The van der Waals surface area contributed by atoms with E-state index in [1.807, 2.05) is 35.2 Å². The Labute approximate surface area is 220 Å². The second-order valence-corrected chi connectivity index (χ2v) is 9.51. The number of hydrogen-bond donors (Lipinski definition) is 3. The predicted octanol–water partition coefficient (Wildman–Crippen LogP) is 3.16. The number of halogens is 1. The van der Waals surface area contributed by atoms with Crippen LogP contribution in [0.5, 0.6) is 5.75 Å². The van der Waals surface area contributed by atoms with Crippen molar-refractivity contribution in [3.05, 3.63) is 82.5 Å². The molecule has 0 bridgehead atoms. The van der Waals surface area contributed by atoms with Crippen molar-refractivity contribution in [2.75, 3.05) is 38.5 Å². The molecule has 1 fully saturated rings. The monoisotopic (exact) mass is 517 g/mol. The summed E-state index contributed by atoms with van der Waals surface area (Å²) in [6.45, 7) is 3.44. The van der Waals surface area contributed by atoms with E-state index in [0.717, 1.165) is 48.4 Å². The highest BCUT2D eigenvalue weighted by Crippen LogP contribution is 2.39. The fourth-order valence-electron chi connectivity index (χ4n) is 4.48. The Kier molecular flexibility index (Phi) is 7.39. The van der Waals surface area contributed by atoms with Crippen molar-refractivity contribution in [2.45, 2.75) is 12.5 Å². The largest absolute Gasteiger partial charge is 0.486 e. The minimum absolute atomic E-state index is 0.0540. The van der Waals surface area contributed by atoms with E-state index in [1.54, 1.807) is 24.4 Å². The van der Waals surface area contributed by atoms with Crippen LogP contribution in [0.15, 0.2) is 60.8 Å². The van der Waals surface area contributed by atoms with E-state index >= 15 is 0 Å². The molecule has 4 N–H and O–H groups in total. The average Bonchev–Trinajstić information content (AvgIpc) is 3.35. The average molecular weight is 518 g/mol. The highest BCUT2D eigenvalue weighted by molar-refractivity contribution is 6.32. The summed E-state index contributed by atoms with van der Waals surface area (Å²) in [5, 5.41) is 6.66. The third kappa shape index (κ3) is 5.93. The Hall–Kier alpha value is -3.88. The molecule has 2 amide bonds. The van der Waals surface area contributed by atoms with Gasteiger partial charge in [0.15, 0.2) is 0 Å². The van der Waals surface area contributed by atoms with E-state index in [0.29, 0.717) is 35.1 Å². The maximum Gasteiger partial charge on any atom is 0.253 e. The number of nitrogen functional groups attached to an aromatic ring is 1. The van der Waals surface area contributed by atoms with E-state index in [1.165, 1.54) is 6.08 Å². The Morgan fingerprint density at radius 3 is 2.65 bits per heavy atom. The first-order chi connectivity index (χ1) is 18.0. The lowest BCUT2D eigenvalue weighted by Gasteiger charge is -2.27. The highest BCUT2D eigenvalue weighted by atomic mass is 35.5. The lowest BCUT2D eigenvalue weighted by Crippen LogP contribution is -2.46. The van der Waals surface area contributed by atoms with E-state index < -0.39 is 0 Å². The number of anilines is 1. The molecule has 1 aromatic heterocycles. The fourth-order valence-corrected chi connectivity index (χ4v) is 4.77. The quantitative estimate of drug-likeness (QED) is 0.433. The van der Waals surface area contributed by atoms with Gasteiger partial charge in [0.25, 0.3) is 5.91 Å². The van der Waals surface area contributed by atoms with Gasteiger partial charge in [-0.25, -0.2) is 4.98 Å². The molecule has 0 saturated carbocycles. The number of carbonyl (C=O) groups excluding carboxylic acids is 2. The molecule has 1 unspecified atom stereocenters. The molecule has 8 nitrogen and oxygen atoms in total. The Balaban J connectivity index is 1.19. The van der Waals surface area contributed by atoms with Crippen LogP contribution < -0.4 is 21.1 Å². The topological polar surface area (TPSA) is 110 Å². The third-order valence-corrected chi connectivity index (χ3v) is 6.74. The number of benzene rings is 2. The molecule has 5 rings (SSSR count). The molecule has 3 heterocycles. The van der Waals surface area contributed by atoms with Crippen LogP contribution in [-0.4, -0.2) is 60.5 Å². The number of rotatable bonds is 6. The predicted molar refractivity (Wildman–Crippen MR) is 144 cm³/mol. The molecule has 0 aliphatic carbocycles. The van der Waals surface area contributed by atoms with Crippen LogP contribution in [0.4, 0.5) is 5.82 Å². The zero-order chi connectivity index (χ0) is 25.8. The molecule has 1 saturated heterocycles. The van der Waals surface area contributed by atoms with Crippen molar-refractivity contribution in [1.82, 2.24) is 20.5 Å². The molecule has 2 aliphatic heterocycles. The van der Waals surface area contributed by atoms with Crippen LogP contribution in [-0.2, 0) is 11.2 Å². The van der Waals surface area contributed by atoms with Crippen molar-refractivity contribution >= 4 is 35.3 Å². The Bertz CT molecular complexity index is 1320. The van der Waals surface area contributed by atoms with E-state index in [2.05, 4.69) is 21.7 Å². The molecule has 2 aromatic carbocycles. The standard InChI is InChI=1S/C28H28ClN5O3/c29-24-15-21(19-3-5-20(6-4-19)28(36)34-11-9-31-10-12-34)13-22-14-23(37-27(22)24)17-33-26(35)8-2-18-1-7-25(30)32-16-18/h1-8,13,15-16,23,31H,9-12,14,17H2,(H2,30,32)(H,33,35)/b8-2+. The number of nitrogens with two attached hydrogens (primary N) is 1. The number of piperazine rings is 1. The normalized spacial score (nSPS) is 16.9. The summed E-state index contributed by atoms with van der Waals surface area (Å²) >= 11 is 6.56.